The molecule has 0 radical (unpaired) electrons. The molecule has 372 valence electrons. The summed E-state index contributed by atoms with van der Waals surface area (Å²) in [7, 11) is 0. The van der Waals surface area contributed by atoms with Gasteiger partial charge in [0.2, 0.25) is 0 Å². The molecule has 0 aliphatic carbocycles. The molecule has 0 fully saturated rings. The van der Waals surface area contributed by atoms with Gasteiger partial charge >= 0.3 is 23.9 Å². The fourth-order valence-electron chi connectivity index (χ4n) is 10.00. The maximum absolute atomic E-state index is 14.4. The Bertz CT molecular complexity index is 4000. The van der Waals surface area contributed by atoms with Crippen molar-refractivity contribution in [1.29, 1.82) is 0 Å². The summed E-state index contributed by atoms with van der Waals surface area (Å²) in [4.78, 5) is 79.1. The molecular weight excluding hydrogens is 953 g/mol. The Kier molecular flexibility index (Phi) is 13.2. The van der Waals surface area contributed by atoms with E-state index in [1.54, 1.807) is 27.7 Å². The first-order valence-corrected chi connectivity index (χ1v) is 25.2. The summed E-state index contributed by atoms with van der Waals surface area (Å²) in [5.41, 5.74) is 0.709. The van der Waals surface area contributed by atoms with Crippen molar-refractivity contribution >= 4 is 89.7 Å². The normalized spacial score (nSPS) is 12.7. The van der Waals surface area contributed by atoms with Gasteiger partial charge in [-0.2, -0.15) is 0 Å². The molecule has 4 bridgehead atoms. The lowest BCUT2D eigenvalue weighted by Crippen LogP contribution is -2.15. The van der Waals surface area contributed by atoms with Crippen LogP contribution in [0.25, 0.3) is 43.1 Å². The van der Waals surface area contributed by atoms with Crippen molar-refractivity contribution in [2.45, 2.75) is 27.7 Å². The third-order valence-electron chi connectivity index (χ3n) is 13.3. The van der Waals surface area contributed by atoms with Gasteiger partial charge in [0.25, 0.3) is 0 Å². The fraction of sp³-hybridized carbons (Fsp3) is 0.125. The fourth-order valence-corrected chi connectivity index (χ4v) is 10.00. The van der Waals surface area contributed by atoms with Crippen LogP contribution in [0.4, 0.5) is 22.7 Å². The van der Waals surface area contributed by atoms with Gasteiger partial charge in [0.1, 0.15) is 0 Å². The van der Waals surface area contributed by atoms with E-state index in [2.05, 4.69) is 0 Å². The summed E-state index contributed by atoms with van der Waals surface area (Å²) < 4.78 is 23.0. The van der Waals surface area contributed by atoms with E-state index in [0.717, 1.165) is 43.1 Å². The van der Waals surface area contributed by atoms with Gasteiger partial charge in [0.15, 0.2) is 0 Å². The van der Waals surface area contributed by atoms with E-state index in [1.807, 2.05) is 146 Å². The second-order valence-electron chi connectivity index (χ2n) is 17.8. The second-order valence-corrected chi connectivity index (χ2v) is 17.8. The molecule has 0 atom stereocenters. The van der Waals surface area contributed by atoms with E-state index in [0.29, 0.717) is 42.3 Å². The minimum absolute atomic E-state index is 0.0540. The average Bonchev–Trinajstić information content (AvgIpc) is 3.54. The molecular formula is C64H48N4O8. The Morgan fingerprint density at radius 1 is 0.303 bits per heavy atom. The van der Waals surface area contributed by atoms with E-state index in [9.17, 15) is 19.2 Å². The summed E-state index contributed by atoms with van der Waals surface area (Å²) >= 11 is 0. The number of hydrogen-bond donors (Lipinski definition) is 0. The van der Waals surface area contributed by atoms with Crippen LogP contribution in [0.15, 0.2) is 190 Å². The molecule has 4 aliphatic rings. The average molecular weight is 1000 g/mol. The highest BCUT2D eigenvalue weighted by atomic mass is 16.5. The lowest BCUT2D eigenvalue weighted by molar-refractivity contribution is 0.0513. The highest BCUT2D eigenvalue weighted by Gasteiger charge is 2.24. The van der Waals surface area contributed by atoms with E-state index in [4.69, 9.17) is 38.9 Å². The molecule has 0 amide bonds. The third-order valence-corrected chi connectivity index (χ3v) is 13.3. The van der Waals surface area contributed by atoms with Crippen LogP contribution >= 0.6 is 0 Å². The number of rotatable bonds is 8. The Hall–Kier alpha value is -9.68. The number of esters is 4. The molecule has 10 aromatic carbocycles. The van der Waals surface area contributed by atoms with Crippen LogP contribution in [0.2, 0.25) is 0 Å². The molecule has 0 saturated carbocycles. The van der Waals surface area contributed by atoms with E-state index in [-0.39, 0.29) is 71.4 Å². The van der Waals surface area contributed by atoms with Crippen molar-refractivity contribution in [1.82, 2.24) is 0 Å². The number of carbonyl (C=O) groups is 4. The first-order valence-electron chi connectivity index (χ1n) is 25.2. The molecule has 0 aromatic heterocycles. The molecule has 12 nitrogen and oxygen atoms in total. The lowest BCUT2D eigenvalue weighted by Gasteiger charge is -2.13. The van der Waals surface area contributed by atoms with Crippen LogP contribution in [0, 0.1) is 20.9 Å². The van der Waals surface area contributed by atoms with Crippen LogP contribution in [0.1, 0.15) is 69.1 Å². The van der Waals surface area contributed by atoms with Crippen molar-refractivity contribution in [3.8, 4) is 0 Å². The number of nitrogens with zero attached hydrogens (tertiary/aromatic N) is 4. The first-order chi connectivity index (χ1) is 37.2. The Morgan fingerprint density at radius 3 is 0.724 bits per heavy atom. The van der Waals surface area contributed by atoms with Gasteiger partial charge in [-0.3, -0.25) is 0 Å². The topological polar surface area (TPSA) is 155 Å². The predicted molar refractivity (Wildman–Crippen MR) is 291 cm³/mol. The molecule has 0 spiro atoms. The van der Waals surface area contributed by atoms with Gasteiger partial charge in [0, 0.05) is 20.9 Å². The van der Waals surface area contributed by atoms with Crippen molar-refractivity contribution < 1.29 is 38.1 Å². The molecule has 76 heavy (non-hydrogen) atoms. The minimum Gasteiger partial charge on any atom is -0.462 e. The van der Waals surface area contributed by atoms with Crippen molar-refractivity contribution in [3.05, 3.63) is 234 Å². The van der Waals surface area contributed by atoms with E-state index in [1.165, 1.54) is 24.3 Å². The molecule has 0 saturated heterocycles. The van der Waals surface area contributed by atoms with Crippen LogP contribution in [-0.4, -0.2) is 50.3 Å². The van der Waals surface area contributed by atoms with Gasteiger partial charge in [-0.15, -0.1) is 0 Å². The van der Waals surface area contributed by atoms with Crippen LogP contribution in [-0.2, 0) is 18.9 Å². The van der Waals surface area contributed by atoms with Gasteiger partial charge < -0.3 is 18.9 Å². The molecule has 10 aromatic rings. The third kappa shape index (κ3) is 8.89. The zero-order valence-electron chi connectivity index (χ0n) is 42.0. The van der Waals surface area contributed by atoms with Gasteiger partial charge in [-0.05, 0) is 119 Å². The number of benzene rings is 10. The zero-order valence-corrected chi connectivity index (χ0v) is 42.0. The number of carbonyl (C=O) groups excluding carboxylic acids is 4. The summed E-state index contributed by atoms with van der Waals surface area (Å²) in [6.07, 6.45) is 0. The molecule has 4 heterocycles. The highest BCUT2D eigenvalue weighted by molar-refractivity contribution is 6.04. The van der Waals surface area contributed by atoms with Crippen LogP contribution in [0.3, 0.4) is 0 Å². The Labute approximate surface area is 434 Å². The number of ether oxygens (including phenoxy) is 4. The lowest BCUT2D eigenvalue weighted by atomic mass is 10.00. The zero-order chi connectivity index (χ0) is 52.5. The summed E-state index contributed by atoms with van der Waals surface area (Å²) in [5.74, 6) is -2.73. The first kappa shape index (κ1) is 48.6. The van der Waals surface area contributed by atoms with Crippen LogP contribution < -0.4 is 21.4 Å². The standard InChI is InChI=1S/C64H48N4O8/c1-5-73-61(69)45-33-54-46(62(70)74-6-2)34-53(45)65-49-29-25-37-17-9-13-21-41(37)57(49)59-43-23-15-11-19-39(43)27-31-51(59)67-55-35-48(64(72)76-8-4)56(36-47(55)63(71)75-7-3)68-52-32-28-40-20-12-16-24-44(40)60(52)58-42-22-14-10-18-38(42)26-30-50(58)66-54/h9-36H,5-8H2,1-4H3/b59-57-,60-58-,65-49?,65-53?,66-50?,66-54?,67-51?,67-55?,68-52?,68-56?. The monoisotopic (exact) mass is 1000 g/mol. The quantitative estimate of drug-likeness (QED) is 0.108. The predicted octanol–water partition coefficient (Wildman–Crippen LogP) is 11.7. The molecule has 0 N–H and O–H groups in total. The summed E-state index contributed by atoms with van der Waals surface area (Å²) in [6, 6.07) is 52.7. The van der Waals surface area contributed by atoms with E-state index >= 15 is 0 Å². The maximum Gasteiger partial charge on any atom is 0.340 e. The van der Waals surface area contributed by atoms with Gasteiger partial charge in [-0.25, -0.2) is 39.1 Å². The van der Waals surface area contributed by atoms with Crippen molar-refractivity contribution in [2.24, 2.45) is 20.0 Å². The summed E-state index contributed by atoms with van der Waals surface area (Å²) in [5, 5.41) is 10.8. The smallest absolute Gasteiger partial charge is 0.340 e. The number of hydrogen-bond acceptors (Lipinski definition) is 12. The van der Waals surface area contributed by atoms with Crippen LogP contribution in [0.5, 0.6) is 0 Å². The largest absolute Gasteiger partial charge is 0.462 e. The van der Waals surface area contributed by atoms with Crippen molar-refractivity contribution in [3.63, 3.8) is 0 Å². The Morgan fingerprint density at radius 2 is 0.513 bits per heavy atom. The molecule has 4 aliphatic heterocycles. The van der Waals surface area contributed by atoms with E-state index < -0.39 is 23.9 Å². The van der Waals surface area contributed by atoms with Gasteiger partial charge in [0.05, 0.1) is 92.9 Å². The Balaban J connectivity index is 1.48. The molecule has 0 unspecified atom stereocenters. The molecule has 14 rings (SSSR count). The number of fused-ring (bicyclic) bond motifs is 4. The summed E-state index contributed by atoms with van der Waals surface area (Å²) in [6.45, 7) is 7.11. The minimum atomic E-state index is -0.681. The van der Waals surface area contributed by atoms with Crippen molar-refractivity contribution in [2.75, 3.05) is 26.4 Å². The highest BCUT2D eigenvalue weighted by Crippen LogP contribution is 2.34. The maximum atomic E-state index is 14.4. The van der Waals surface area contributed by atoms with Gasteiger partial charge in [-0.1, -0.05) is 121 Å². The second kappa shape index (κ2) is 20.7. The SMILES string of the molecule is CCOC(=O)c1cc2c(C(=O)OCC)cc1N=c1ccc3ccccc3/c1=c1/c(ccc3ccccc13)=Nc1cc(C(=O)OCC)c(cc1C(=O)OCC)N=c1ccc3ccccc3/c1=c1/c(ccc3ccccc13)=N2. The molecule has 12 heteroatoms.